The van der Waals surface area contributed by atoms with Crippen molar-refractivity contribution in [2.45, 2.75) is 94.9 Å². The fourth-order valence-corrected chi connectivity index (χ4v) is 11.4. The van der Waals surface area contributed by atoms with E-state index in [4.69, 9.17) is 9.47 Å². The second-order valence-electron chi connectivity index (χ2n) is 18.5. The predicted octanol–water partition coefficient (Wildman–Crippen LogP) is 8.68. The summed E-state index contributed by atoms with van der Waals surface area (Å²) in [6.45, 7) is 11.8. The van der Waals surface area contributed by atoms with Crippen molar-refractivity contribution >= 4 is 44.2 Å². The van der Waals surface area contributed by atoms with Crippen LogP contribution in [0.3, 0.4) is 0 Å². The van der Waals surface area contributed by atoms with Gasteiger partial charge in [-0.05, 0) is 97.4 Å². The molecule has 0 unspecified atom stereocenters. The van der Waals surface area contributed by atoms with Crippen molar-refractivity contribution in [1.82, 2.24) is 24.6 Å². The van der Waals surface area contributed by atoms with E-state index in [9.17, 15) is 27.7 Å². The second kappa shape index (κ2) is 18.3. The number of likely N-dealkylation sites (tertiary alicyclic amines) is 1. The normalized spacial score (nSPS) is 20.3. The summed E-state index contributed by atoms with van der Waals surface area (Å²) < 4.78 is 56.2. The van der Waals surface area contributed by atoms with E-state index in [2.05, 4.69) is 72.9 Å². The number of aromatic nitrogens is 3. The van der Waals surface area contributed by atoms with Crippen molar-refractivity contribution in [2.24, 2.45) is 11.3 Å². The summed E-state index contributed by atoms with van der Waals surface area (Å²) >= 11 is 0. The van der Waals surface area contributed by atoms with Gasteiger partial charge in [-0.25, -0.2) is 27.5 Å². The summed E-state index contributed by atoms with van der Waals surface area (Å²) in [5, 5.41) is 15.3. The van der Waals surface area contributed by atoms with Crippen LogP contribution < -0.4 is 19.7 Å². The first kappa shape index (κ1) is 44.5. The van der Waals surface area contributed by atoms with E-state index in [-0.39, 0.29) is 39.6 Å². The summed E-state index contributed by atoms with van der Waals surface area (Å²) in [6.07, 6.45) is 9.87. The van der Waals surface area contributed by atoms with Crippen molar-refractivity contribution in [3.05, 3.63) is 105 Å². The lowest BCUT2D eigenvalue weighted by atomic mass is 9.70. The third-order valence-electron chi connectivity index (χ3n) is 14.1. The molecule has 3 N–H and O–H groups in total. The highest BCUT2D eigenvalue weighted by molar-refractivity contribution is 7.90. The fourth-order valence-electron chi connectivity index (χ4n) is 10.5. The molecule has 1 amide bonds. The quantitative estimate of drug-likeness (QED) is 0.0713. The number of carbonyl (C=O) groups is 1. The van der Waals surface area contributed by atoms with Crippen molar-refractivity contribution in [2.75, 3.05) is 56.2 Å². The number of nitrogens with zero attached hydrogens (tertiary/aromatic N) is 5. The number of carbonyl (C=O) groups excluding carboxylic acids is 1. The Morgan fingerprint density at radius 3 is 2.57 bits per heavy atom. The topological polar surface area (TPSA) is 185 Å². The number of hydrogen-bond donors (Lipinski definition) is 3. The van der Waals surface area contributed by atoms with Gasteiger partial charge in [0.25, 0.3) is 15.9 Å². The number of piperidine rings is 1. The number of benzene rings is 2. The Bertz CT molecular complexity index is 2690. The molecule has 1 aliphatic carbocycles. The number of halogens is 1. The monoisotopic (exact) mass is 908 g/mol. The molecular formula is C48H57FN8O7S. The van der Waals surface area contributed by atoms with Gasteiger partial charge in [0.15, 0.2) is 0 Å². The van der Waals surface area contributed by atoms with Crippen molar-refractivity contribution in [1.29, 1.82) is 0 Å². The molecule has 2 atom stereocenters. The number of rotatable bonds is 14. The molecule has 3 aliphatic heterocycles. The van der Waals surface area contributed by atoms with Crippen molar-refractivity contribution in [3.63, 3.8) is 0 Å². The first-order valence-electron chi connectivity index (χ1n) is 22.9. The highest BCUT2D eigenvalue weighted by Crippen LogP contribution is 2.49. The molecule has 0 radical (unpaired) electrons. The third-order valence-corrected chi connectivity index (χ3v) is 15.4. The number of anilines is 2. The Kier molecular flexibility index (Phi) is 12.6. The Morgan fingerprint density at radius 2 is 1.83 bits per heavy atom. The molecule has 3 aromatic heterocycles. The van der Waals surface area contributed by atoms with Gasteiger partial charge in [0.05, 0.1) is 27.8 Å². The second-order valence-corrected chi connectivity index (χ2v) is 20.2. The van der Waals surface area contributed by atoms with E-state index < -0.39 is 37.3 Å². The van der Waals surface area contributed by atoms with Gasteiger partial charge in [-0.3, -0.25) is 19.8 Å². The first-order chi connectivity index (χ1) is 31.3. The van der Waals surface area contributed by atoms with Crippen LogP contribution in [0.15, 0.2) is 71.9 Å². The van der Waals surface area contributed by atoms with Crippen LogP contribution in [-0.4, -0.2) is 91.1 Å². The molecule has 4 aliphatic rings. The summed E-state index contributed by atoms with van der Waals surface area (Å²) in [5.74, 6) is -0.100. The van der Waals surface area contributed by atoms with Gasteiger partial charge in [0, 0.05) is 76.0 Å². The van der Waals surface area contributed by atoms with Crippen LogP contribution in [0.25, 0.3) is 11.0 Å². The van der Waals surface area contributed by atoms with Crippen LogP contribution in [0.4, 0.5) is 21.6 Å². The average Bonchev–Trinajstić information content (AvgIpc) is 3.93. The molecule has 3 saturated heterocycles. The summed E-state index contributed by atoms with van der Waals surface area (Å²) in [5.41, 5.74) is 4.18. The number of nitro groups is 1. The molecule has 9 rings (SSSR count). The molecule has 17 heteroatoms. The number of nitrogens with one attached hydrogen (secondary N) is 3. The SMILES string of the molecule is CCc1nc2[nH]cc(F)c2cc1Oc1cc(N2CCC3(CC2)CN([C@H]2CCC[C@H]2c2ccccc2C(C)C)C3)ccc1C(=O)NS(=O)(=O)c1cnc(NCC2CCOCC2)c([N+](=O)[O-])c1. The van der Waals surface area contributed by atoms with Gasteiger partial charge < -0.3 is 24.7 Å². The standard InChI is InChI=1S/C48H57FN8O7S/c1-4-40-44(24-38-39(49)27-52-45(38)53-40)64-43-22-32(55-18-16-48(17-19-55)28-56(29-48)41-11-7-10-36(41)35-9-6-5-8-34(35)30(2)3)12-13-37(43)47(58)54-65(61,62)33-23-42(57(59)60)46(51-26-33)50-25-31-14-20-63-21-15-31/h5-6,8-9,12-13,22-24,26-27,30-31,36,41H,4,7,10-11,14-21,25,28-29H2,1-3H3,(H,50,51)(H,52,53)(H,54,58)/t36-,41-/m0/s1. The van der Waals surface area contributed by atoms with E-state index in [1.165, 1.54) is 48.7 Å². The lowest BCUT2D eigenvalue weighted by Crippen LogP contribution is -2.63. The molecule has 0 bridgehead atoms. The van der Waals surface area contributed by atoms with Crippen LogP contribution in [0.1, 0.15) is 105 Å². The predicted molar refractivity (Wildman–Crippen MR) is 246 cm³/mol. The molecule has 344 valence electrons. The Labute approximate surface area is 378 Å². The molecule has 15 nitrogen and oxygen atoms in total. The molecule has 1 saturated carbocycles. The molecule has 6 heterocycles. The lowest BCUT2D eigenvalue weighted by Gasteiger charge is -2.57. The zero-order valence-corrected chi connectivity index (χ0v) is 38.0. The largest absolute Gasteiger partial charge is 0.455 e. The van der Waals surface area contributed by atoms with Crippen LogP contribution in [0, 0.1) is 27.3 Å². The highest BCUT2D eigenvalue weighted by atomic mass is 32.2. The zero-order chi connectivity index (χ0) is 45.5. The summed E-state index contributed by atoms with van der Waals surface area (Å²) in [7, 11) is -4.67. The van der Waals surface area contributed by atoms with E-state index in [1.54, 1.807) is 12.1 Å². The number of pyridine rings is 2. The maximum Gasteiger partial charge on any atom is 0.312 e. The highest BCUT2D eigenvalue weighted by Gasteiger charge is 2.49. The molecule has 5 aromatic rings. The molecule has 1 spiro atoms. The maximum absolute atomic E-state index is 14.8. The summed E-state index contributed by atoms with van der Waals surface area (Å²) in [4.78, 5) is 41.4. The first-order valence-corrected chi connectivity index (χ1v) is 24.4. The van der Waals surface area contributed by atoms with Gasteiger partial charge in [0.2, 0.25) is 5.82 Å². The van der Waals surface area contributed by atoms with Crippen LogP contribution in [0.5, 0.6) is 11.5 Å². The molecule has 4 fully saturated rings. The summed E-state index contributed by atoms with van der Waals surface area (Å²) in [6, 6.07) is 16.9. The van der Waals surface area contributed by atoms with Gasteiger partial charge >= 0.3 is 5.69 Å². The maximum atomic E-state index is 14.8. The van der Waals surface area contributed by atoms with E-state index in [1.807, 2.05) is 6.92 Å². The van der Waals surface area contributed by atoms with Crippen LogP contribution >= 0.6 is 0 Å². The smallest absolute Gasteiger partial charge is 0.312 e. The third kappa shape index (κ3) is 9.14. The fraction of sp³-hybridized carbons (Fsp3) is 0.479. The van der Waals surface area contributed by atoms with Crippen LogP contribution in [0.2, 0.25) is 0 Å². The minimum atomic E-state index is -4.67. The van der Waals surface area contributed by atoms with E-state index in [0.717, 1.165) is 69.8 Å². The van der Waals surface area contributed by atoms with E-state index in [0.29, 0.717) is 55.4 Å². The van der Waals surface area contributed by atoms with E-state index >= 15 is 0 Å². The number of hydrogen-bond acceptors (Lipinski definition) is 12. The number of aromatic amines is 1. The zero-order valence-electron chi connectivity index (χ0n) is 37.1. The number of sulfonamides is 1. The lowest BCUT2D eigenvalue weighted by molar-refractivity contribution is -0.384. The number of fused-ring (bicyclic) bond motifs is 1. The van der Waals surface area contributed by atoms with Crippen LogP contribution in [-0.2, 0) is 21.2 Å². The Balaban J connectivity index is 0.935. The van der Waals surface area contributed by atoms with Crippen molar-refractivity contribution in [3.8, 4) is 11.5 Å². The van der Waals surface area contributed by atoms with Crippen molar-refractivity contribution < 1.29 is 32.0 Å². The minimum Gasteiger partial charge on any atom is -0.455 e. The van der Waals surface area contributed by atoms with Gasteiger partial charge in [-0.1, -0.05) is 51.5 Å². The average molecular weight is 909 g/mol. The number of H-pyrrole nitrogens is 1. The Hall–Kier alpha value is -5.65. The minimum absolute atomic E-state index is 0.0443. The molecule has 65 heavy (non-hydrogen) atoms. The number of aryl methyl sites for hydroxylation is 1. The van der Waals surface area contributed by atoms with Gasteiger partial charge in [-0.2, -0.15) is 0 Å². The number of ether oxygens (including phenoxy) is 2. The molecular weight excluding hydrogens is 852 g/mol. The molecule has 2 aromatic carbocycles. The van der Waals surface area contributed by atoms with Gasteiger partial charge in [-0.15, -0.1) is 0 Å². The Morgan fingerprint density at radius 1 is 1.06 bits per heavy atom. The number of amides is 1. The van der Waals surface area contributed by atoms with Gasteiger partial charge in [0.1, 0.15) is 27.9 Å².